The van der Waals surface area contributed by atoms with Crippen LogP contribution in [0.1, 0.15) is 28.1 Å². The Balaban J connectivity index is 1.95. The van der Waals surface area contributed by atoms with Crippen LogP contribution in [0, 0.1) is 0 Å². The SMILES string of the molecule is O=C1CCCN(Cc2sccc2Br)c2ccccc21. The first-order chi connectivity index (χ1) is 9.25. The summed E-state index contributed by atoms with van der Waals surface area (Å²) in [6.45, 7) is 1.80. The van der Waals surface area contributed by atoms with Crippen LogP contribution < -0.4 is 4.90 Å². The number of rotatable bonds is 2. The molecule has 0 unspecified atom stereocenters. The third kappa shape index (κ3) is 2.60. The van der Waals surface area contributed by atoms with E-state index in [-0.39, 0.29) is 5.78 Å². The molecule has 0 atom stereocenters. The Kier molecular flexibility index (Phi) is 3.71. The van der Waals surface area contributed by atoms with E-state index in [2.05, 4.69) is 38.3 Å². The molecule has 0 spiro atoms. The van der Waals surface area contributed by atoms with E-state index in [9.17, 15) is 4.79 Å². The highest BCUT2D eigenvalue weighted by molar-refractivity contribution is 9.10. The lowest BCUT2D eigenvalue weighted by Crippen LogP contribution is -2.23. The van der Waals surface area contributed by atoms with Gasteiger partial charge in [-0.15, -0.1) is 11.3 Å². The van der Waals surface area contributed by atoms with Crippen LogP contribution in [-0.4, -0.2) is 12.3 Å². The van der Waals surface area contributed by atoms with Gasteiger partial charge in [-0.25, -0.2) is 0 Å². The number of hydrogen-bond donors (Lipinski definition) is 0. The van der Waals surface area contributed by atoms with Gasteiger partial charge in [0.05, 0.1) is 6.54 Å². The lowest BCUT2D eigenvalue weighted by molar-refractivity contribution is 0.0984. The molecular formula is C15H14BrNOS. The summed E-state index contributed by atoms with van der Waals surface area (Å²) < 4.78 is 1.16. The number of thiophene rings is 1. The summed E-state index contributed by atoms with van der Waals surface area (Å²) in [7, 11) is 0. The first-order valence-electron chi connectivity index (χ1n) is 6.35. The van der Waals surface area contributed by atoms with Crippen LogP contribution >= 0.6 is 27.3 Å². The van der Waals surface area contributed by atoms with Crippen molar-refractivity contribution in [2.24, 2.45) is 0 Å². The first kappa shape index (κ1) is 12.9. The number of Topliss-reactive ketones (excluding diaryl/α,β-unsaturated/α-hetero) is 1. The molecule has 0 saturated heterocycles. The number of benzene rings is 1. The van der Waals surface area contributed by atoms with Gasteiger partial charge in [0.25, 0.3) is 0 Å². The number of halogens is 1. The number of nitrogens with zero attached hydrogens (tertiary/aromatic N) is 1. The van der Waals surface area contributed by atoms with Gasteiger partial charge in [-0.05, 0) is 45.9 Å². The minimum absolute atomic E-state index is 0.267. The van der Waals surface area contributed by atoms with Crippen molar-refractivity contribution >= 4 is 38.7 Å². The van der Waals surface area contributed by atoms with Crippen LogP contribution in [0.5, 0.6) is 0 Å². The van der Waals surface area contributed by atoms with E-state index in [1.807, 2.05) is 18.2 Å². The van der Waals surface area contributed by atoms with E-state index < -0.39 is 0 Å². The van der Waals surface area contributed by atoms with Crippen molar-refractivity contribution < 1.29 is 4.79 Å². The Morgan fingerprint density at radius 2 is 2.11 bits per heavy atom. The highest BCUT2D eigenvalue weighted by Gasteiger charge is 2.21. The van der Waals surface area contributed by atoms with Gasteiger partial charge in [0.1, 0.15) is 0 Å². The lowest BCUT2D eigenvalue weighted by atomic mass is 10.1. The summed E-state index contributed by atoms with van der Waals surface area (Å²) in [6.07, 6.45) is 1.58. The van der Waals surface area contributed by atoms with E-state index in [1.165, 1.54) is 4.88 Å². The molecule has 0 aliphatic carbocycles. The second kappa shape index (κ2) is 5.47. The average Bonchev–Trinajstić information content (AvgIpc) is 2.75. The minimum atomic E-state index is 0.267. The summed E-state index contributed by atoms with van der Waals surface area (Å²) in [4.78, 5) is 15.7. The molecule has 0 amide bonds. The number of ketones is 1. The molecule has 3 rings (SSSR count). The molecule has 2 heterocycles. The number of anilines is 1. The molecule has 0 radical (unpaired) electrons. The van der Waals surface area contributed by atoms with Crippen LogP contribution in [0.3, 0.4) is 0 Å². The second-order valence-corrected chi connectivity index (χ2v) is 6.51. The molecule has 1 aromatic carbocycles. The topological polar surface area (TPSA) is 20.3 Å². The quantitative estimate of drug-likeness (QED) is 0.805. The Morgan fingerprint density at radius 3 is 2.89 bits per heavy atom. The van der Waals surface area contributed by atoms with Crippen molar-refractivity contribution in [1.82, 2.24) is 0 Å². The lowest BCUT2D eigenvalue weighted by Gasteiger charge is -2.24. The molecule has 1 aliphatic rings. The maximum Gasteiger partial charge on any atom is 0.165 e. The molecule has 0 N–H and O–H groups in total. The van der Waals surface area contributed by atoms with Crippen LogP contribution in [0.2, 0.25) is 0 Å². The molecule has 0 saturated carbocycles. The standard InChI is InChI=1S/C15H14BrNOS/c16-12-7-9-19-15(12)10-17-8-3-6-14(18)11-4-1-2-5-13(11)17/h1-2,4-5,7,9H,3,6,8,10H2. The molecule has 2 aromatic rings. The van der Waals surface area contributed by atoms with E-state index in [0.29, 0.717) is 6.42 Å². The Hall–Kier alpha value is -1.13. The molecule has 1 aliphatic heterocycles. The van der Waals surface area contributed by atoms with Gasteiger partial charge in [-0.1, -0.05) is 12.1 Å². The van der Waals surface area contributed by atoms with Crippen molar-refractivity contribution in [2.45, 2.75) is 19.4 Å². The third-order valence-corrected chi connectivity index (χ3v) is 5.31. The largest absolute Gasteiger partial charge is 0.366 e. The first-order valence-corrected chi connectivity index (χ1v) is 8.02. The predicted molar refractivity (Wildman–Crippen MR) is 83.1 cm³/mol. The highest BCUT2D eigenvalue weighted by Crippen LogP contribution is 2.30. The van der Waals surface area contributed by atoms with Crippen molar-refractivity contribution in [3.63, 3.8) is 0 Å². The zero-order valence-corrected chi connectivity index (χ0v) is 12.8. The number of carbonyl (C=O) groups is 1. The zero-order chi connectivity index (χ0) is 13.2. The molecule has 4 heteroatoms. The molecule has 19 heavy (non-hydrogen) atoms. The maximum atomic E-state index is 12.1. The summed E-state index contributed by atoms with van der Waals surface area (Å²) in [5.74, 6) is 0.267. The number of hydrogen-bond acceptors (Lipinski definition) is 3. The fraction of sp³-hybridized carbons (Fsp3) is 0.267. The van der Waals surface area contributed by atoms with Gasteiger partial charge >= 0.3 is 0 Å². The third-order valence-electron chi connectivity index (χ3n) is 3.40. The summed E-state index contributed by atoms with van der Waals surface area (Å²) in [5.41, 5.74) is 1.94. The highest BCUT2D eigenvalue weighted by atomic mass is 79.9. The van der Waals surface area contributed by atoms with E-state index in [1.54, 1.807) is 11.3 Å². The van der Waals surface area contributed by atoms with E-state index >= 15 is 0 Å². The number of para-hydroxylation sites is 1. The van der Waals surface area contributed by atoms with Gasteiger partial charge in [-0.2, -0.15) is 0 Å². The maximum absolute atomic E-state index is 12.1. The molecular weight excluding hydrogens is 322 g/mol. The Bertz CT molecular complexity index is 608. The molecule has 1 aromatic heterocycles. The van der Waals surface area contributed by atoms with Gasteiger partial charge in [0.15, 0.2) is 5.78 Å². The Labute approximate surface area is 125 Å². The molecule has 0 bridgehead atoms. The summed E-state index contributed by atoms with van der Waals surface area (Å²) in [5, 5.41) is 2.09. The monoisotopic (exact) mass is 335 g/mol. The Morgan fingerprint density at radius 1 is 1.26 bits per heavy atom. The van der Waals surface area contributed by atoms with Crippen molar-refractivity contribution in [3.8, 4) is 0 Å². The average molecular weight is 336 g/mol. The van der Waals surface area contributed by atoms with Gasteiger partial charge in [-0.3, -0.25) is 4.79 Å². The smallest absolute Gasteiger partial charge is 0.165 e. The molecule has 98 valence electrons. The predicted octanol–water partition coefficient (Wildman–Crippen LogP) is 4.49. The number of carbonyl (C=O) groups excluding carboxylic acids is 1. The molecule has 2 nitrogen and oxygen atoms in total. The fourth-order valence-electron chi connectivity index (χ4n) is 2.45. The van der Waals surface area contributed by atoms with Crippen LogP contribution in [0.25, 0.3) is 0 Å². The van der Waals surface area contributed by atoms with Crippen LogP contribution in [-0.2, 0) is 6.54 Å². The normalized spacial score (nSPS) is 15.2. The van der Waals surface area contributed by atoms with E-state index in [0.717, 1.165) is 35.2 Å². The fourth-order valence-corrected chi connectivity index (χ4v) is 3.94. The van der Waals surface area contributed by atoms with Gasteiger partial charge in [0, 0.05) is 33.6 Å². The minimum Gasteiger partial charge on any atom is -0.366 e. The van der Waals surface area contributed by atoms with Crippen molar-refractivity contribution in [3.05, 3.63) is 50.6 Å². The summed E-state index contributed by atoms with van der Waals surface area (Å²) in [6, 6.07) is 10.0. The van der Waals surface area contributed by atoms with Crippen molar-refractivity contribution in [2.75, 3.05) is 11.4 Å². The number of fused-ring (bicyclic) bond motifs is 1. The van der Waals surface area contributed by atoms with Gasteiger partial charge in [0.2, 0.25) is 0 Å². The van der Waals surface area contributed by atoms with Crippen LogP contribution in [0.15, 0.2) is 40.2 Å². The summed E-state index contributed by atoms with van der Waals surface area (Å²) >= 11 is 5.33. The van der Waals surface area contributed by atoms with Crippen molar-refractivity contribution in [1.29, 1.82) is 0 Å². The zero-order valence-electron chi connectivity index (χ0n) is 10.4. The van der Waals surface area contributed by atoms with E-state index in [4.69, 9.17) is 0 Å². The second-order valence-electron chi connectivity index (χ2n) is 4.66. The van der Waals surface area contributed by atoms with Gasteiger partial charge < -0.3 is 4.90 Å². The van der Waals surface area contributed by atoms with Crippen LogP contribution in [0.4, 0.5) is 5.69 Å². The molecule has 0 fully saturated rings.